The van der Waals surface area contributed by atoms with Gasteiger partial charge in [-0.25, -0.2) is 13.4 Å². The number of halogens is 3. The maximum Gasteiger partial charge on any atom is 0.573 e. The molecule has 1 aliphatic rings. The molecule has 10 heteroatoms. The highest BCUT2D eigenvalue weighted by Gasteiger charge is 2.33. The van der Waals surface area contributed by atoms with Crippen LogP contribution in [0, 0.1) is 6.92 Å². The number of alkyl halides is 3. The van der Waals surface area contributed by atoms with Crippen molar-refractivity contribution in [2.75, 3.05) is 18.0 Å². The Morgan fingerprint density at radius 2 is 1.78 bits per heavy atom. The van der Waals surface area contributed by atoms with Gasteiger partial charge in [0, 0.05) is 24.0 Å². The molecule has 0 aliphatic carbocycles. The van der Waals surface area contributed by atoms with Gasteiger partial charge in [-0.05, 0) is 50.1 Å². The first-order valence-electron chi connectivity index (χ1n) is 9.99. The molecule has 3 aromatic rings. The van der Waals surface area contributed by atoms with Crippen LogP contribution in [-0.2, 0) is 9.84 Å². The summed E-state index contributed by atoms with van der Waals surface area (Å²) >= 11 is 1.53. The van der Waals surface area contributed by atoms with Crippen molar-refractivity contribution < 1.29 is 26.3 Å². The van der Waals surface area contributed by atoms with E-state index in [0.29, 0.717) is 25.9 Å². The molecule has 0 spiro atoms. The lowest BCUT2D eigenvalue weighted by Crippen LogP contribution is -2.39. The normalized spacial score (nSPS) is 15.7. The van der Waals surface area contributed by atoms with Crippen LogP contribution in [0.1, 0.15) is 18.4 Å². The lowest BCUT2D eigenvalue weighted by molar-refractivity contribution is -0.274. The molecule has 0 N–H and O–H groups in total. The van der Waals surface area contributed by atoms with E-state index >= 15 is 0 Å². The molecule has 170 valence electrons. The number of piperidine rings is 1. The summed E-state index contributed by atoms with van der Waals surface area (Å²) < 4.78 is 66.6. The smallest absolute Gasteiger partial charge is 0.406 e. The van der Waals surface area contributed by atoms with Gasteiger partial charge in [0.1, 0.15) is 5.75 Å². The Morgan fingerprint density at radius 1 is 1.09 bits per heavy atom. The number of aryl methyl sites for hydroxylation is 1. The number of rotatable bonds is 5. The highest BCUT2D eigenvalue weighted by molar-refractivity contribution is 7.92. The quantitative estimate of drug-likeness (QED) is 0.483. The molecule has 0 atom stereocenters. The van der Waals surface area contributed by atoms with Crippen LogP contribution in [0.2, 0.25) is 0 Å². The molecule has 1 aromatic heterocycles. The second-order valence-corrected chi connectivity index (χ2v) is 10.7. The van der Waals surface area contributed by atoms with E-state index < -0.39 is 27.2 Å². The molecular weight excluding hydrogens is 461 g/mol. The van der Waals surface area contributed by atoms with Gasteiger partial charge in [0.15, 0.2) is 15.0 Å². The van der Waals surface area contributed by atoms with Gasteiger partial charge in [-0.1, -0.05) is 23.8 Å². The zero-order valence-corrected chi connectivity index (χ0v) is 18.8. The monoisotopic (exact) mass is 482 g/mol. The average molecular weight is 483 g/mol. The van der Waals surface area contributed by atoms with Crippen molar-refractivity contribution in [3.05, 3.63) is 59.5 Å². The van der Waals surface area contributed by atoms with E-state index in [1.165, 1.54) is 11.3 Å². The fourth-order valence-electron chi connectivity index (χ4n) is 3.73. The van der Waals surface area contributed by atoms with Crippen LogP contribution in [0.5, 0.6) is 5.75 Å². The lowest BCUT2D eigenvalue weighted by atomic mass is 10.1. The Morgan fingerprint density at radius 3 is 2.41 bits per heavy atom. The third-order valence-electron chi connectivity index (χ3n) is 5.34. The van der Waals surface area contributed by atoms with E-state index in [4.69, 9.17) is 4.98 Å². The highest BCUT2D eigenvalue weighted by atomic mass is 32.2. The van der Waals surface area contributed by atoms with E-state index in [-0.39, 0.29) is 4.90 Å². The van der Waals surface area contributed by atoms with Gasteiger partial charge in [0.2, 0.25) is 0 Å². The Labute approximate surface area is 188 Å². The molecule has 0 saturated carbocycles. The number of sulfone groups is 1. The van der Waals surface area contributed by atoms with Crippen LogP contribution in [0.4, 0.5) is 18.3 Å². The van der Waals surface area contributed by atoms with Crippen molar-refractivity contribution >= 4 is 26.3 Å². The first kappa shape index (κ1) is 22.6. The van der Waals surface area contributed by atoms with Gasteiger partial charge < -0.3 is 9.64 Å². The Hall–Kier alpha value is -2.59. The van der Waals surface area contributed by atoms with Crippen LogP contribution in [-0.4, -0.2) is 38.1 Å². The summed E-state index contributed by atoms with van der Waals surface area (Å²) in [6, 6.07) is 12.5. The Balaban J connectivity index is 1.41. The molecule has 5 nitrogen and oxygen atoms in total. The third-order valence-corrected chi connectivity index (χ3v) is 8.52. The number of ether oxygens (including phenoxy) is 1. The molecule has 1 saturated heterocycles. The molecule has 1 fully saturated rings. The first-order valence-corrected chi connectivity index (χ1v) is 12.4. The molecule has 32 heavy (non-hydrogen) atoms. The van der Waals surface area contributed by atoms with Crippen molar-refractivity contribution in [2.24, 2.45) is 0 Å². The predicted molar refractivity (Wildman–Crippen MR) is 118 cm³/mol. The van der Waals surface area contributed by atoms with Gasteiger partial charge in [0.25, 0.3) is 0 Å². The van der Waals surface area contributed by atoms with Gasteiger partial charge in [-0.3, -0.25) is 0 Å². The molecule has 0 amide bonds. The number of hydrogen-bond donors (Lipinski definition) is 0. The van der Waals surface area contributed by atoms with Crippen molar-refractivity contribution in [2.45, 2.75) is 36.3 Å². The van der Waals surface area contributed by atoms with Crippen molar-refractivity contribution in [3.8, 4) is 17.0 Å². The maximum atomic E-state index is 13.0. The molecule has 2 aromatic carbocycles. The summed E-state index contributed by atoms with van der Waals surface area (Å²) in [5.74, 6) is -0.445. The Bertz CT molecular complexity index is 1180. The van der Waals surface area contributed by atoms with E-state index in [9.17, 15) is 21.6 Å². The molecule has 2 heterocycles. The fourth-order valence-corrected chi connectivity index (χ4v) is 6.35. The minimum atomic E-state index is -4.82. The maximum absolute atomic E-state index is 13.0. The van der Waals surface area contributed by atoms with Crippen LogP contribution in [0.25, 0.3) is 11.3 Å². The molecule has 0 radical (unpaired) electrons. The first-order chi connectivity index (χ1) is 15.1. The zero-order valence-electron chi connectivity index (χ0n) is 17.2. The summed E-state index contributed by atoms with van der Waals surface area (Å²) in [6.45, 7) is 3.11. The number of anilines is 1. The van der Waals surface area contributed by atoms with Crippen LogP contribution < -0.4 is 9.64 Å². The third kappa shape index (κ3) is 5.07. The molecule has 0 bridgehead atoms. The minimum absolute atomic E-state index is 0.00135. The van der Waals surface area contributed by atoms with Gasteiger partial charge in [-0.2, -0.15) is 0 Å². The lowest BCUT2D eigenvalue weighted by Gasteiger charge is -2.31. The zero-order chi connectivity index (χ0) is 22.9. The summed E-state index contributed by atoms with van der Waals surface area (Å²) in [4.78, 5) is 6.80. The van der Waals surface area contributed by atoms with Gasteiger partial charge >= 0.3 is 6.36 Å². The standard InChI is InChI=1S/C22H21F3N2O3S2/c1-15-3-2-4-16(13-15)20-14-31-21(26-20)27-11-9-19(10-12-27)32(28,29)18-7-5-17(6-8-18)30-22(23,24)25/h2-8,13-14,19H,9-12H2,1H3. The predicted octanol–water partition coefficient (Wildman–Crippen LogP) is 5.46. The topological polar surface area (TPSA) is 59.5 Å². The SMILES string of the molecule is Cc1cccc(-c2csc(N3CCC(S(=O)(=O)c4ccc(OC(F)(F)F)cc4)CC3)n2)c1. The van der Waals surface area contributed by atoms with Crippen LogP contribution >= 0.6 is 11.3 Å². The molecule has 4 rings (SSSR count). The number of benzene rings is 2. The van der Waals surface area contributed by atoms with Crippen LogP contribution in [0.3, 0.4) is 0 Å². The second-order valence-electron chi connectivity index (χ2n) is 7.64. The highest BCUT2D eigenvalue weighted by Crippen LogP contribution is 2.32. The second kappa shape index (κ2) is 8.74. The average Bonchev–Trinajstić information content (AvgIpc) is 3.23. The number of hydrogen-bond acceptors (Lipinski definition) is 6. The van der Waals surface area contributed by atoms with E-state index in [1.807, 2.05) is 30.5 Å². The fraction of sp³-hybridized carbons (Fsp3) is 0.318. The van der Waals surface area contributed by atoms with Gasteiger partial charge in [0.05, 0.1) is 15.8 Å². The largest absolute Gasteiger partial charge is 0.573 e. The summed E-state index contributed by atoms with van der Waals surface area (Å²) in [5, 5.41) is 2.26. The summed E-state index contributed by atoms with van der Waals surface area (Å²) in [7, 11) is -3.65. The summed E-state index contributed by atoms with van der Waals surface area (Å²) in [6.07, 6.45) is -3.98. The molecular formula is C22H21F3N2O3S2. The number of aromatic nitrogens is 1. The van der Waals surface area contributed by atoms with Crippen LogP contribution in [0.15, 0.2) is 58.8 Å². The molecule has 0 unspecified atom stereocenters. The van der Waals surface area contributed by atoms with Crippen molar-refractivity contribution in [1.29, 1.82) is 0 Å². The van der Waals surface area contributed by atoms with E-state index in [0.717, 1.165) is 46.2 Å². The van der Waals surface area contributed by atoms with Crippen molar-refractivity contribution in [1.82, 2.24) is 4.98 Å². The summed E-state index contributed by atoms with van der Waals surface area (Å²) in [5.41, 5.74) is 3.09. The Kier molecular flexibility index (Phi) is 6.17. The van der Waals surface area contributed by atoms with E-state index in [2.05, 4.69) is 15.7 Å². The number of nitrogens with zero attached hydrogens (tertiary/aromatic N) is 2. The minimum Gasteiger partial charge on any atom is -0.406 e. The van der Waals surface area contributed by atoms with E-state index in [1.54, 1.807) is 0 Å². The van der Waals surface area contributed by atoms with Crippen molar-refractivity contribution in [3.63, 3.8) is 0 Å². The molecule has 1 aliphatic heterocycles. The van der Waals surface area contributed by atoms with Gasteiger partial charge in [-0.15, -0.1) is 24.5 Å². The number of thiazole rings is 1.